The lowest BCUT2D eigenvalue weighted by Gasteiger charge is -2.35. The van der Waals surface area contributed by atoms with Crippen molar-refractivity contribution in [2.24, 2.45) is 0 Å². The van der Waals surface area contributed by atoms with E-state index >= 15 is 0 Å². The molecule has 170 valence electrons. The quantitative estimate of drug-likeness (QED) is 0.608. The van der Waals surface area contributed by atoms with Gasteiger partial charge in [-0.15, -0.1) is 0 Å². The number of fused-ring (bicyclic) bond motifs is 1. The van der Waals surface area contributed by atoms with Crippen molar-refractivity contribution in [2.45, 2.75) is 18.9 Å². The SMILES string of the molecule is O=C(CN1CCN(c2cc(C(=O)NC3CC3)c3ccccc3n2)CC1)Nc1ccc(F)cc1. The molecule has 0 radical (unpaired) electrons. The largest absolute Gasteiger partial charge is 0.354 e. The van der Waals surface area contributed by atoms with Crippen LogP contribution in [0.1, 0.15) is 23.2 Å². The summed E-state index contributed by atoms with van der Waals surface area (Å²) in [6, 6.07) is 15.6. The van der Waals surface area contributed by atoms with E-state index < -0.39 is 0 Å². The Morgan fingerprint density at radius 2 is 1.73 bits per heavy atom. The molecule has 1 aliphatic carbocycles. The van der Waals surface area contributed by atoms with Crippen LogP contribution in [0.25, 0.3) is 10.9 Å². The second-order valence-electron chi connectivity index (χ2n) is 8.61. The molecule has 5 rings (SSSR count). The van der Waals surface area contributed by atoms with Crippen LogP contribution in [0.2, 0.25) is 0 Å². The Morgan fingerprint density at radius 1 is 1.00 bits per heavy atom. The second-order valence-corrected chi connectivity index (χ2v) is 8.61. The first-order valence-corrected chi connectivity index (χ1v) is 11.3. The average molecular weight is 448 g/mol. The third-order valence-electron chi connectivity index (χ3n) is 6.05. The molecule has 1 aromatic heterocycles. The van der Waals surface area contributed by atoms with E-state index in [1.165, 1.54) is 12.1 Å². The molecule has 2 fully saturated rings. The van der Waals surface area contributed by atoms with Gasteiger partial charge >= 0.3 is 0 Å². The molecule has 1 saturated carbocycles. The zero-order valence-electron chi connectivity index (χ0n) is 18.3. The van der Waals surface area contributed by atoms with Crippen LogP contribution >= 0.6 is 0 Å². The number of carbonyl (C=O) groups excluding carboxylic acids is 2. The molecule has 2 amide bonds. The number of piperazine rings is 1. The summed E-state index contributed by atoms with van der Waals surface area (Å²) in [7, 11) is 0. The Labute approximate surface area is 191 Å². The van der Waals surface area contributed by atoms with Crippen molar-refractivity contribution in [2.75, 3.05) is 42.9 Å². The number of nitrogens with one attached hydrogen (secondary N) is 2. The van der Waals surface area contributed by atoms with Crippen molar-refractivity contribution in [3.63, 3.8) is 0 Å². The topological polar surface area (TPSA) is 77.6 Å². The number of rotatable bonds is 6. The lowest BCUT2D eigenvalue weighted by atomic mass is 10.1. The van der Waals surface area contributed by atoms with Gasteiger partial charge in [-0.3, -0.25) is 14.5 Å². The summed E-state index contributed by atoms with van der Waals surface area (Å²) in [4.78, 5) is 34.3. The molecule has 7 nitrogen and oxygen atoms in total. The Morgan fingerprint density at radius 3 is 2.45 bits per heavy atom. The fraction of sp³-hybridized carbons (Fsp3) is 0.320. The van der Waals surface area contributed by atoms with Gasteiger partial charge in [-0.05, 0) is 49.2 Å². The maximum absolute atomic E-state index is 13.0. The first-order chi connectivity index (χ1) is 16.0. The van der Waals surface area contributed by atoms with Gasteiger partial charge in [0.15, 0.2) is 0 Å². The second kappa shape index (κ2) is 9.15. The van der Waals surface area contributed by atoms with E-state index in [-0.39, 0.29) is 30.2 Å². The van der Waals surface area contributed by atoms with Gasteiger partial charge in [0, 0.05) is 43.3 Å². The van der Waals surface area contributed by atoms with Crippen LogP contribution in [-0.4, -0.2) is 60.5 Å². The minimum atomic E-state index is -0.334. The number of pyridine rings is 1. The predicted molar refractivity (Wildman–Crippen MR) is 126 cm³/mol. The van der Waals surface area contributed by atoms with Crippen molar-refractivity contribution in [3.8, 4) is 0 Å². The van der Waals surface area contributed by atoms with E-state index in [4.69, 9.17) is 4.98 Å². The molecular weight excluding hydrogens is 421 g/mol. The average Bonchev–Trinajstić information content (AvgIpc) is 3.64. The highest BCUT2D eigenvalue weighted by atomic mass is 19.1. The Bertz CT molecular complexity index is 1170. The molecule has 2 aliphatic rings. The summed E-state index contributed by atoms with van der Waals surface area (Å²) < 4.78 is 13.0. The van der Waals surface area contributed by atoms with Gasteiger partial charge in [-0.1, -0.05) is 18.2 Å². The molecule has 3 aromatic rings. The van der Waals surface area contributed by atoms with Crippen molar-refractivity contribution >= 4 is 34.2 Å². The first kappa shape index (κ1) is 21.3. The zero-order chi connectivity index (χ0) is 22.8. The van der Waals surface area contributed by atoms with Gasteiger partial charge in [-0.2, -0.15) is 0 Å². The number of para-hydroxylation sites is 1. The molecule has 1 saturated heterocycles. The molecule has 0 bridgehead atoms. The van der Waals surface area contributed by atoms with Gasteiger partial charge in [0.25, 0.3) is 5.91 Å². The number of hydrogen-bond acceptors (Lipinski definition) is 5. The molecule has 0 spiro atoms. The fourth-order valence-corrected chi connectivity index (χ4v) is 4.07. The van der Waals surface area contributed by atoms with Crippen LogP contribution in [0.5, 0.6) is 0 Å². The molecule has 2 aromatic carbocycles. The molecular formula is C25H26FN5O2. The monoisotopic (exact) mass is 447 g/mol. The summed E-state index contributed by atoms with van der Waals surface area (Å²) in [6.07, 6.45) is 2.08. The third kappa shape index (κ3) is 5.12. The van der Waals surface area contributed by atoms with Gasteiger partial charge < -0.3 is 15.5 Å². The maximum atomic E-state index is 13.0. The molecule has 8 heteroatoms. The smallest absolute Gasteiger partial charge is 0.252 e. The normalized spacial score (nSPS) is 16.6. The van der Waals surface area contributed by atoms with Crippen LogP contribution in [0, 0.1) is 5.82 Å². The third-order valence-corrected chi connectivity index (χ3v) is 6.05. The molecule has 0 atom stereocenters. The Kier molecular flexibility index (Phi) is 5.92. The van der Waals surface area contributed by atoms with Crippen LogP contribution in [0.3, 0.4) is 0 Å². The van der Waals surface area contributed by atoms with Gasteiger partial charge in [0.05, 0.1) is 17.6 Å². The van der Waals surface area contributed by atoms with Crippen molar-refractivity contribution < 1.29 is 14.0 Å². The highest BCUT2D eigenvalue weighted by Crippen LogP contribution is 2.26. The van der Waals surface area contributed by atoms with E-state index in [9.17, 15) is 14.0 Å². The van der Waals surface area contributed by atoms with Crippen molar-refractivity contribution in [1.29, 1.82) is 0 Å². The van der Waals surface area contributed by atoms with Crippen LogP contribution < -0.4 is 15.5 Å². The number of halogens is 1. The highest BCUT2D eigenvalue weighted by Gasteiger charge is 2.26. The van der Waals surface area contributed by atoms with E-state index in [0.717, 1.165) is 29.6 Å². The van der Waals surface area contributed by atoms with Gasteiger partial charge in [0.1, 0.15) is 11.6 Å². The lowest BCUT2D eigenvalue weighted by molar-refractivity contribution is -0.117. The zero-order valence-corrected chi connectivity index (χ0v) is 18.3. The molecule has 2 N–H and O–H groups in total. The van der Waals surface area contributed by atoms with Gasteiger partial charge in [-0.25, -0.2) is 9.37 Å². The molecule has 2 heterocycles. The Balaban J connectivity index is 1.24. The molecule has 1 aliphatic heterocycles. The van der Waals surface area contributed by atoms with Crippen LogP contribution in [0.4, 0.5) is 15.9 Å². The number of amides is 2. The number of anilines is 2. The summed E-state index contributed by atoms with van der Waals surface area (Å²) in [5.41, 5.74) is 2.04. The lowest BCUT2D eigenvalue weighted by Crippen LogP contribution is -2.49. The van der Waals surface area contributed by atoms with E-state index in [2.05, 4.69) is 20.4 Å². The fourth-order valence-electron chi connectivity index (χ4n) is 4.07. The number of benzene rings is 2. The standard InChI is InChI=1S/C25H26FN5O2/c26-17-5-7-18(8-6-17)27-24(32)16-30-11-13-31(14-12-30)23-15-21(25(33)28-19-9-10-19)20-3-1-2-4-22(20)29-23/h1-8,15,19H,9-14,16H2,(H,27,32)(H,28,33). The van der Waals surface area contributed by atoms with E-state index in [1.54, 1.807) is 12.1 Å². The summed E-state index contributed by atoms with van der Waals surface area (Å²) in [5.74, 6) is 0.274. The van der Waals surface area contributed by atoms with Crippen LogP contribution in [0.15, 0.2) is 54.6 Å². The Hall–Kier alpha value is -3.52. The summed E-state index contributed by atoms with van der Waals surface area (Å²) in [5, 5.41) is 6.74. The molecule has 0 unspecified atom stereocenters. The number of carbonyl (C=O) groups is 2. The van der Waals surface area contributed by atoms with Crippen LogP contribution in [-0.2, 0) is 4.79 Å². The predicted octanol–water partition coefficient (Wildman–Crippen LogP) is 3.03. The van der Waals surface area contributed by atoms with E-state index in [0.29, 0.717) is 37.4 Å². The maximum Gasteiger partial charge on any atom is 0.252 e. The van der Waals surface area contributed by atoms with Crippen molar-refractivity contribution in [1.82, 2.24) is 15.2 Å². The minimum absolute atomic E-state index is 0.0477. The number of nitrogens with zero attached hydrogens (tertiary/aromatic N) is 3. The minimum Gasteiger partial charge on any atom is -0.354 e. The number of hydrogen-bond donors (Lipinski definition) is 2. The van der Waals surface area contributed by atoms with Crippen molar-refractivity contribution in [3.05, 3.63) is 66.0 Å². The summed E-state index contributed by atoms with van der Waals surface area (Å²) in [6.45, 7) is 3.09. The number of aromatic nitrogens is 1. The summed E-state index contributed by atoms with van der Waals surface area (Å²) >= 11 is 0. The molecule has 33 heavy (non-hydrogen) atoms. The first-order valence-electron chi connectivity index (χ1n) is 11.3. The van der Waals surface area contributed by atoms with Gasteiger partial charge in [0.2, 0.25) is 5.91 Å². The van der Waals surface area contributed by atoms with E-state index in [1.807, 2.05) is 30.3 Å². The highest BCUT2D eigenvalue weighted by molar-refractivity contribution is 6.07.